The van der Waals surface area contributed by atoms with Crippen LogP contribution in [0.5, 0.6) is 11.5 Å². The van der Waals surface area contributed by atoms with Crippen LogP contribution in [0.25, 0.3) is 5.83 Å². The van der Waals surface area contributed by atoms with Crippen molar-refractivity contribution in [3.63, 3.8) is 0 Å². The van der Waals surface area contributed by atoms with Gasteiger partial charge in [0.1, 0.15) is 11.6 Å². The summed E-state index contributed by atoms with van der Waals surface area (Å²) in [5, 5.41) is 0. The summed E-state index contributed by atoms with van der Waals surface area (Å²) in [6, 6.07) is 0.641. The molecule has 0 fully saturated rings. The molecule has 0 spiro atoms. The summed E-state index contributed by atoms with van der Waals surface area (Å²) in [7, 11) is -3.27. The lowest BCUT2D eigenvalue weighted by molar-refractivity contribution is 0.305. The second kappa shape index (κ2) is 9.43. The first-order chi connectivity index (χ1) is 17.7. The molecule has 2 nitrogen and oxygen atoms in total. The Morgan fingerprint density at radius 1 is 0.474 bits per heavy atom. The topological polar surface area (TPSA) is 18.5 Å². The molecular weight excluding hydrogens is 561 g/mol. The van der Waals surface area contributed by atoms with Gasteiger partial charge in [0.15, 0.2) is 29.0 Å². The summed E-state index contributed by atoms with van der Waals surface area (Å²) in [6.07, 6.45) is 0. The molecule has 0 aliphatic heterocycles. The number of rotatable bonds is 5. The van der Waals surface area contributed by atoms with E-state index in [1.807, 2.05) is 0 Å². The van der Waals surface area contributed by atoms with Gasteiger partial charge in [-0.05, 0) is 11.6 Å². The zero-order valence-electron chi connectivity index (χ0n) is 17.4. The van der Waals surface area contributed by atoms with Crippen molar-refractivity contribution in [3.05, 3.63) is 98.9 Å². The molecule has 1 unspecified atom stereocenters. The highest BCUT2D eigenvalue weighted by Gasteiger charge is 2.50. The molecule has 1 aliphatic carbocycles. The second-order valence-electron chi connectivity index (χ2n) is 7.37. The van der Waals surface area contributed by atoms with E-state index in [-0.39, 0.29) is 6.07 Å². The smallest absolute Gasteiger partial charge is 0.521 e. The number of hydrogen-bond donors (Lipinski definition) is 0. The Bertz CT molecular complexity index is 1410. The Morgan fingerprint density at radius 3 is 1.24 bits per heavy atom. The minimum absolute atomic E-state index is 0.237. The van der Waals surface area contributed by atoms with E-state index in [0.29, 0.717) is 6.07 Å². The second-order valence-corrected chi connectivity index (χ2v) is 7.37. The van der Waals surface area contributed by atoms with E-state index in [9.17, 15) is 61.5 Å². The van der Waals surface area contributed by atoms with Crippen molar-refractivity contribution in [2.45, 2.75) is 5.82 Å². The fourth-order valence-electron chi connectivity index (χ4n) is 3.48. The minimum Gasteiger partial charge on any atom is -0.521 e. The van der Waals surface area contributed by atoms with Crippen molar-refractivity contribution < 1.29 is 70.8 Å². The maximum absolute atomic E-state index is 14.9. The highest BCUT2D eigenvalue weighted by atomic mass is 19.2. The van der Waals surface area contributed by atoms with Crippen LogP contribution in [0.4, 0.5) is 61.5 Å². The maximum atomic E-state index is 14.9. The molecule has 0 amide bonds. The zero-order chi connectivity index (χ0) is 28.4. The molecule has 3 aromatic carbocycles. The van der Waals surface area contributed by atoms with E-state index in [1.54, 1.807) is 0 Å². The number of fused-ring (bicyclic) bond motifs is 1. The molecule has 0 heterocycles. The van der Waals surface area contributed by atoms with Crippen LogP contribution in [0.2, 0.25) is 0 Å². The minimum atomic E-state index is -3.27. The number of allylic oxidation sites excluding steroid dienone is 1. The zero-order valence-corrected chi connectivity index (χ0v) is 17.4. The van der Waals surface area contributed by atoms with E-state index in [4.69, 9.17) is 0 Å². The Hall–Kier alpha value is -3.92. The van der Waals surface area contributed by atoms with Crippen LogP contribution in [-0.2, 0) is 0 Å². The third kappa shape index (κ3) is 3.91. The summed E-state index contributed by atoms with van der Waals surface area (Å²) in [5.41, 5.74) is -2.59. The number of hydrogen-bond acceptors (Lipinski definition) is 2. The van der Waals surface area contributed by atoms with Crippen molar-refractivity contribution in [3.8, 4) is 11.5 Å². The van der Waals surface area contributed by atoms with E-state index in [0.717, 1.165) is 0 Å². The Labute approximate surface area is 200 Å². The van der Waals surface area contributed by atoms with Gasteiger partial charge in [0, 0.05) is 0 Å². The van der Waals surface area contributed by atoms with E-state index >= 15 is 0 Å². The van der Waals surface area contributed by atoms with Crippen LogP contribution >= 0.6 is 0 Å². The van der Waals surface area contributed by atoms with Crippen molar-refractivity contribution in [2.24, 2.45) is 0 Å². The van der Waals surface area contributed by atoms with Crippen molar-refractivity contribution in [2.75, 3.05) is 0 Å². The van der Waals surface area contributed by atoms with Gasteiger partial charge in [0.05, 0.1) is 5.56 Å². The average molecular weight is 564 g/mol. The van der Waals surface area contributed by atoms with E-state index in [1.165, 1.54) is 0 Å². The molecule has 4 rings (SSSR count). The molecule has 38 heavy (non-hydrogen) atoms. The van der Waals surface area contributed by atoms with Crippen LogP contribution < -0.4 is 9.31 Å². The van der Waals surface area contributed by atoms with Gasteiger partial charge in [-0.2, -0.15) is 17.6 Å². The molecule has 3 aromatic rings. The summed E-state index contributed by atoms with van der Waals surface area (Å²) >= 11 is 0. The summed E-state index contributed by atoms with van der Waals surface area (Å²) < 4.78 is 204. The predicted molar refractivity (Wildman–Crippen MR) is 97.7 cm³/mol. The van der Waals surface area contributed by atoms with Gasteiger partial charge in [0.25, 0.3) is 0 Å². The van der Waals surface area contributed by atoms with Crippen molar-refractivity contribution >= 4 is 12.9 Å². The molecule has 0 saturated heterocycles. The van der Waals surface area contributed by atoms with Gasteiger partial charge in [-0.15, -0.1) is 0 Å². The van der Waals surface area contributed by atoms with E-state index < -0.39 is 117 Å². The third-order valence-electron chi connectivity index (χ3n) is 5.24. The van der Waals surface area contributed by atoms with Gasteiger partial charge < -0.3 is 9.31 Å². The highest BCUT2D eigenvalue weighted by Crippen LogP contribution is 2.47. The Balaban J connectivity index is 1.96. The van der Waals surface area contributed by atoms with Crippen LogP contribution in [-0.4, -0.2) is 7.12 Å². The molecule has 0 radical (unpaired) electrons. The Kier molecular flexibility index (Phi) is 6.74. The van der Waals surface area contributed by atoms with Crippen LogP contribution in [0, 0.1) is 69.8 Å². The predicted octanol–water partition coefficient (Wildman–Crippen LogP) is 7.25. The Morgan fingerprint density at radius 2 is 0.842 bits per heavy atom. The fraction of sp³-hybridized carbons (Fsp3) is 0.0476. The van der Waals surface area contributed by atoms with Gasteiger partial charge in [-0.3, -0.25) is 0 Å². The summed E-state index contributed by atoms with van der Waals surface area (Å²) in [4.78, 5) is 0. The van der Waals surface area contributed by atoms with Crippen LogP contribution in [0.3, 0.4) is 0 Å². The van der Waals surface area contributed by atoms with Crippen molar-refractivity contribution in [1.82, 2.24) is 0 Å². The first kappa shape index (κ1) is 27.1. The fourth-order valence-corrected chi connectivity index (χ4v) is 3.48. The molecule has 0 aromatic heterocycles. The molecule has 0 bridgehead atoms. The third-order valence-corrected chi connectivity index (χ3v) is 5.24. The van der Waals surface area contributed by atoms with Gasteiger partial charge in [0.2, 0.25) is 58.2 Å². The first-order valence-electron chi connectivity index (χ1n) is 9.60. The van der Waals surface area contributed by atoms with Crippen LogP contribution in [0.15, 0.2) is 18.0 Å². The van der Waals surface area contributed by atoms with Gasteiger partial charge in [-0.1, -0.05) is 6.07 Å². The number of benzene rings is 3. The van der Waals surface area contributed by atoms with E-state index in [2.05, 4.69) is 9.31 Å². The van der Waals surface area contributed by atoms with Gasteiger partial charge in [-0.25, -0.2) is 43.9 Å². The van der Waals surface area contributed by atoms with Crippen molar-refractivity contribution in [1.29, 1.82) is 0 Å². The maximum Gasteiger partial charge on any atom is 0.610 e. The lowest BCUT2D eigenvalue weighted by Gasteiger charge is -2.23. The molecule has 1 aliphatic rings. The summed E-state index contributed by atoms with van der Waals surface area (Å²) in [6.45, 7) is 0. The molecular formula is C21H3BF14O2. The molecule has 17 heteroatoms. The monoisotopic (exact) mass is 564 g/mol. The lowest BCUT2D eigenvalue weighted by Crippen LogP contribution is -2.39. The van der Waals surface area contributed by atoms with Gasteiger partial charge >= 0.3 is 7.12 Å². The molecule has 1 atom stereocenters. The quantitative estimate of drug-likeness (QED) is 0.141. The lowest BCUT2D eigenvalue weighted by atomic mass is 9.68. The number of halogens is 14. The first-order valence-corrected chi connectivity index (χ1v) is 9.60. The van der Waals surface area contributed by atoms with Crippen LogP contribution in [0.1, 0.15) is 16.9 Å². The average Bonchev–Trinajstić information content (AvgIpc) is 3.15. The standard InChI is InChI=1S/C21H3BF14O2/c23-4-2-1-3-5(7(4)24)8(25)9(26)6(3)22(37-20-16(33)12(29)10(27)13(30)17(20)34)38-21-18(35)14(31)11(28)15(32)19(21)36/h1-2,6H. The highest BCUT2D eigenvalue weighted by molar-refractivity contribution is 6.50. The largest absolute Gasteiger partial charge is 0.610 e. The normalized spacial score (nSPS) is 14.7. The molecule has 0 N–H and O–H groups in total. The molecule has 200 valence electrons. The molecule has 0 saturated carbocycles. The summed E-state index contributed by atoms with van der Waals surface area (Å²) in [5.74, 6) is -43.1. The SMILES string of the molecule is FC1=C(F)C(B(Oc2c(F)c(F)c(F)c(F)c2F)Oc2c(F)c(F)c(F)c(F)c2F)c2ccc(F)c(F)c21.